The van der Waals surface area contributed by atoms with Gasteiger partial charge in [-0.05, 0) is 12.8 Å². The normalized spacial score (nSPS) is 12.5. The van der Waals surface area contributed by atoms with Crippen molar-refractivity contribution in [1.29, 1.82) is 0 Å². The number of aromatic amines is 1. The average Bonchev–Trinajstić information content (AvgIpc) is 2.59. The number of aromatic nitrogens is 3. The lowest BCUT2D eigenvalue weighted by Gasteiger charge is -2.17. The topological polar surface area (TPSA) is 114 Å². The zero-order chi connectivity index (χ0) is 12.3. The molecule has 0 aliphatic heterocycles. The van der Waals surface area contributed by atoms with Gasteiger partial charge < -0.3 is 11.1 Å². The fraction of sp³-hybridized carbons (Fsp3) is 0.556. The summed E-state index contributed by atoms with van der Waals surface area (Å²) in [4.78, 5) is 26.5. The van der Waals surface area contributed by atoms with Crippen LogP contribution in [0.25, 0.3) is 0 Å². The standard InChI is InChI=1S/C9H15N5O2/c1-4(2)6(7(10)15)12-9(16)8-11-5(3)13-14-8/h4,6H,1-3H3,(H2,10,15)(H,12,16)(H,11,13,14). The lowest BCUT2D eigenvalue weighted by Crippen LogP contribution is -2.47. The molecular weight excluding hydrogens is 210 g/mol. The molecule has 0 aliphatic rings. The van der Waals surface area contributed by atoms with Crippen LogP contribution in [0.3, 0.4) is 0 Å². The molecule has 16 heavy (non-hydrogen) atoms. The second kappa shape index (κ2) is 4.73. The number of primary amides is 1. The molecule has 1 aromatic rings. The van der Waals surface area contributed by atoms with Crippen molar-refractivity contribution in [3.05, 3.63) is 11.6 Å². The van der Waals surface area contributed by atoms with E-state index >= 15 is 0 Å². The Morgan fingerprint density at radius 2 is 2.06 bits per heavy atom. The molecule has 1 atom stereocenters. The fourth-order valence-electron chi connectivity index (χ4n) is 1.22. The molecule has 0 bridgehead atoms. The second-order valence-electron chi connectivity index (χ2n) is 3.84. The van der Waals surface area contributed by atoms with Gasteiger partial charge in [0.25, 0.3) is 5.91 Å². The summed E-state index contributed by atoms with van der Waals surface area (Å²) in [6, 6.07) is -0.716. The van der Waals surface area contributed by atoms with Crippen LogP contribution in [0.5, 0.6) is 0 Å². The third-order valence-electron chi connectivity index (χ3n) is 2.06. The molecule has 1 aromatic heterocycles. The average molecular weight is 225 g/mol. The summed E-state index contributed by atoms with van der Waals surface area (Å²) >= 11 is 0. The zero-order valence-corrected chi connectivity index (χ0v) is 9.44. The molecule has 0 fully saturated rings. The van der Waals surface area contributed by atoms with Gasteiger partial charge in [0, 0.05) is 0 Å². The van der Waals surface area contributed by atoms with Crippen molar-refractivity contribution in [1.82, 2.24) is 20.5 Å². The van der Waals surface area contributed by atoms with Gasteiger partial charge >= 0.3 is 0 Å². The quantitative estimate of drug-likeness (QED) is 0.631. The van der Waals surface area contributed by atoms with Crippen LogP contribution in [0.15, 0.2) is 0 Å². The molecule has 0 radical (unpaired) electrons. The number of nitrogens with one attached hydrogen (secondary N) is 2. The third kappa shape index (κ3) is 2.78. The highest BCUT2D eigenvalue weighted by molar-refractivity contribution is 5.94. The molecular formula is C9H15N5O2. The second-order valence-corrected chi connectivity index (χ2v) is 3.84. The first-order valence-corrected chi connectivity index (χ1v) is 4.91. The first-order valence-electron chi connectivity index (χ1n) is 4.91. The van der Waals surface area contributed by atoms with E-state index in [1.54, 1.807) is 20.8 Å². The van der Waals surface area contributed by atoms with Gasteiger partial charge in [0.2, 0.25) is 11.7 Å². The summed E-state index contributed by atoms with van der Waals surface area (Å²) in [7, 11) is 0. The van der Waals surface area contributed by atoms with Crippen LogP contribution in [-0.2, 0) is 4.79 Å². The van der Waals surface area contributed by atoms with Crippen molar-refractivity contribution >= 4 is 11.8 Å². The zero-order valence-electron chi connectivity index (χ0n) is 9.44. The number of hydrogen-bond donors (Lipinski definition) is 3. The van der Waals surface area contributed by atoms with Gasteiger partial charge in [-0.25, -0.2) is 4.98 Å². The van der Waals surface area contributed by atoms with Crippen LogP contribution < -0.4 is 11.1 Å². The maximum absolute atomic E-state index is 11.6. The molecule has 0 saturated carbocycles. The molecule has 2 amide bonds. The minimum Gasteiger partial charge on any atom is -0.368 e. The monoisotopic (exact) mass is 225 g/mol. The van der Waals surface area contributed by atoms with Crippen molar-refractivity contribution in [3.63, 3.8) is 0 Å². The van der Waals surface area contributed by atoms with Crippen molar-refractivity contribution < 1.29 is 9.59 Å². The summed E-state index contributed by atoms with van der Waals surface area (Å²) in [5, 5.41) is 8.72. The largest absolute Gasteiger partial charge is 0.368 e. The Hall–Kier alpha value is -1.92. The van der Waals surface area contributed by atoms with Crippen LogP contribution >= 0.6 is 0 Å². The Labute approximate surface area is 92.8 Å². The van der Waals surface area contributed by atoms with Gasteiger partial charge in [-0.3, -0.25) is 14.7 Å². The number of amides is 2. The van der Waals surface area contributed by atoms with E-state index in [0.29, 0.717) is 5.82 Å². The molecule has 0 saturated heterocycles. The van der Waals surface area contributed by atoms with Gasteiger partial charge in [0.05, 0.1) is 0 Å². The van der Waals surface area contributed by atoms with Gasteiger partial charge in [-0.15, -0.1) is 5.10 Å². The smallest absolute Gasteiger partial charge is 0.291 e. The predicted octanol–water partition coefficient (Wildman–Crippen LogP) is -0.647. The predicted molar refractivity (Wildman–Crippen MR) is 56.4 cm³/mol. The molecule has 1 unspecified atom stereocenters. The highest BCUT2D eigenvalue weighted by Gasteiger charge is 2.23. The Balaban J connectivity index is 2.73. The number of carbonyl (C=O) groups is 2. The number of carbonyl (C=O) groups excluding carboxylic acids is 2. The summed E-state index contributed by atoms with van der Waals surface area (Å²) in [6.07, 6.45) is 0. The lowest BCUT2D eigenvalue weighted by atomic mass is 10.0. The van der Waals surface area contributed by atoms with Crippen molar-refractivity contribution in [2.24, 2.45) is 11.7 Å². The Morgan fingerprint density at radius 3 is 2.44 bits per heavy atom. The minimum atomic E-state index is -0.716. The number of aryl methyl sites for hydroxylation is 1. The maximum atomic E-state index is 11.6. The van der Waals surface area contributed by atoms with E-state index in [2.05, 4.69) is 20.5 Å². The van der Waals surface area contributed by atoms with Gasteiger partial charge in [0.1, 0.15) is 11.9 Å². The molecule has 0 aliphatic carbocycles. The maximum Gasteiger partial charge on any atom is 0.291 e. The summed E-state index contributed by atoms with van der Waals surface area (Å²) in [5.74, 6) is -0.631. The van der Waals surface area contributed by atoms with Crippen LogP contribution in [0.1, 0.15) is 30.3 Å². The summed E-state index contributed by atoms with van der Waals surface area (Å²) < 4.78 is 0. The molecule has 4 N–H and O–H groups in total. The van der Waals surface area contributed by atoms with Crippen LogP contribution in [-0.4, -0.2) is 33.0 Å². The van der Waals surface area contributed by atoms with Crippen LogP contribution in [0, 0.1) is 12.8 Å². The molecule has 7 heteroatoms. The number of hydrogen-bond acceptors (Lipinski definition) is 4. The minimum absolute atomic E-state index is 0.00407. The molecule has 0 aromatic carbocycles. The van der Waals surface area contributed by atoms with Gasteiger partial charge in [0.15, 0.2) is 0 Å². The van der Waals surface area contributed by atoms with Crippen LogP contribution in [0.2, 0.25) is 0 Å². The molecule has 1 heterocycles. The lowest BCUT2D eigenvalue weighted by molar-refractivity contribution is -0.120. The van der Waals surface area contributed by atoms with Crippen LogP contribution in [0.4, 0.5) is 0 Å². The van der Waals surface area contributed by atoms with E-state index in [4.69, 9.17) is 5.73 Å². The Kier molecular flexibility index (Phi) is 3.60. The van der Waals surface area contributed by atoms with E-state index in [1.165, 1.54) is 0 Å². The van der Waals surface area contributed by atoms with Crippen molar-refractivity contribution in [2.45, 2.75) is 26.8 Å². The van der Waals surface area contributed by atoms with E-state index < -0.39 is 17.9 Å². The van der Waals surface area contributed by atoms with E-state index in [-0.39, 0.29) is 11.7 Å². The van der Waals surface area contributed by atoms with E-state index in [1.807, 2.05) is 0 Å². The first kappa shape index (κ1) is 12.2. The highest BCUT2D eigenvalue weighted by Crippen LogP contribution is 2.02. The molecule has 88 valence electrons. The van der Waals surface area contributed by atoms with E-state index in [9.17, 15) is 9.59 Å². The number of rotatable bonds is 4. The molecule has 7 nitrogen and oxygen atoms in total. The highest BCUT2D eigenvalue weighted by atomic mass is 16.2. The Morgan fingerprint density at radius 1 is 1.44 bits per heavy atom. The van der Waals surface area contributed by atoms with Gasteiger partial charge in [-0.2, -0.15) is 0 Å². The number of nitrogens with two attached hydrogens (primary N) is 1. The number of nitrogens with zero attached hydrogens (tertiary/aromatic N) is 2. The fourth-order valence-corrected chi connectivity index (χ4v) is 1.22. The van der Waals surface area contributed by atoms with E-state index in [0.717, 1.165) is 0 Å². The summed E-state index contributed by atoms with van der Waals surface area (Å²) in [6.45, 7) is 5.26. The molecule has 1 rings (SSSR count). The third-order valence-corrected chi connectivity index (χ3v) is 2.06. The first-order chi connectivity index (χ1) is 7.41. The Bertz CT molecular complexity index is 398. The van der Waals surface area contributed by atoms with Gasteiger partial charge in [-0.1, -0.05) is 13.8 Å². The number of H-pyrrole nitrogens is 1. The van der Waals surface area contributed by atoms with Crippen molar-refractivity contribution in [2.75, 3.05) is 0 Å². The SMILES string of the molecule is Cc1nc(C(=O)NC(C(N)=O)C(C)C)n[nH]1. The molecule has 0 spiro atoms. The summed E-state index contributed by atoms with van der Waals surface area (Å²) in [5.41, 5.74) is 5.17. The van der Waals surface area contributed by atoms with Crippen molar-refractivity contribution in [3.8, 4) is 0 Å².